The molecule has 1 aromatic rings. The number of aromatic nitrogens is 3. The molecule has 0 saturated carbocycles. The summed E-state index contributed by atoms with van der Waals surface area (Å²) in [4.78, 5) is 24.9. The second-order valence-electron chi connectivity index (χ2n) is 4.53. The number of nitrogen functional groups attached to an aromatic ring is 1. The molecule has 8 heteroatoms. The fraction of sp³-hybridized carbons (Fsp3) is 0.636. The Morgan fingerprint density at radius 3 is 3.00 bits per heavy atom. The predicted molar refractivity (Wildman–Crippen MR) is 66.7 cm³/mol. The Morgan fingerprint density at radius 2 is 2.21 bits per heavy atom. The summed E-state index contributed by atoms with van der Waals surface area (Å²) >= 11 is 0. The van der Waals surface area contributed by atoms with Crippen LogP contribution in [0.25, 0.3) is 0 Å². The van der Waals surface area contributed by atoms with Gasteiger partial charge in [0.1, 0.15) is 0 Å². The maximum Gasteiger partial charge on any atom is 0.287 e. The van der Waals surface area contributed by atoms with Crippen molar-refractivity contribution in [3.05, 3.63) is 11.9 Å². The van der Waals surface area contributed by atoms with Crippen LogP contribution in [0.15, 0.2) is 6.20 Å². The standard InChI is InChI=1S/C11H18N6O2/c12-13-11(19)9-8-17(15-14-9)7-6-16-5-3-1-2-4-10(16)18/h8H,1-7,12H2,(H,13,19). The van der Waals surface area contributed by atoms with E-state index in [4.69, 9.17) is 5.84 Å². The first-order valence-electron chi connectivity index (χ1n) is 6.39. The highest BCUT2D eigenvalue weighted by Crippen LogP contribution is 2.10. The van der Waals surface area contributed by atoms with Gasteiger partial charge in [0.15, 0.2) is 5.69 Å². The molecule has 0 atom stereocenters. The third-order valence-corrected chi connectivity index (χ3v) is 3.17. The minimum absolute atomic E-state index is 0.171. The zero-order chi connectivity index (χ0) is 13.7. The molecule has 8 nitrogen and oxygen atoms in total. The fourth-order valence-electron chi connectivity index (χ4n) is 2.08. The molecule has 0 aromatic carbocycles. The van der Waals surface area contributed by atoms with E-state index in [-0.39, 0.29) is 11.6 Å². The molecule has 0 aliphatic carbocycles. The quantitative estimate of drug-likeness (QED) is 0.425. The highest BCUT2D eigenvalue weighted by Gasteiger charge is 2.16. The van der Waals surface area contributed by atoms with Crippen molar-refractivity contribution in [3.63, 3.8) is 0 Å². The van der Waals surface area contributed by atoms with Crippen molar-refractivity contribution in [2.75, 3.05) is 13.1 Å². The molecular formula is C11H18N6O2. The number of likely N-dealkylation sites (tertiary alicyclic amines) is 1. The van der Waals surface area contributed by atoms with Gasteiger partial charge in [0.25, 0.3) is 5.91 Å². The van der Waals surface area contributed by atoms with E-state index < -0.39 is 5.91 Å². The van der Waals surface area contributed by atoms with Crippen LogP contribution in [0.5, 0.6) is 0 Å². The molecule has 0 radical (unpaired) electrons. The molecule has 2 rings (SSSR count). The van der Waals surface area contributed by atoms with Gasteiger partial charge in [-0.15, -0.1) is 5.10 Å². The second kappa shape index (κ2) is 6.28. The van der Waals surface area contributed by atoms with E-state index in [0.717, 1.165) is 25.8 Å². The Balaban J connectivity index is 1.89. The summed E-state index contributed by atoms with van der Waals surface area (Å²) in [6.45, 7) is 1.91. The molecule has 1 fully saturated rings. The first-order chi connectivity index (χ1) is 9.20. The lowest BCUT2D eigenvalue weighted by Crippen LogP contribution is -2.33. The first-order valence-corrected chi connectivity index (χ1v) is 6.39. The maximum atomic E-state index is 11.8. The number of carbonyl (C=O) groups is 2. The third-order valence-electron chi connectivity index (χ3n) is 3.17. The van der Waals surface area contributed by atoms with Gasteiger partial charge in [0.05, 0.1) is 12.7 Å². The normalized spacial score (nSPS) is 16.3. The zero-order valence-corrected chi connectivity index (χ0v) is 10.7. The van der Waals surface area contributed by atoms with Crippen LogP contribution < -0.4 is 11.3 Å². The monoisotopic (exact) mass is 266 g/mol. The van der Waals surface area contributed by atoms with Crippen molar-refractivity contribution in [2.24, 2.45) is 5.84 Å². The van der Waals surface area contributed by atoms with Crippen molar-refractivity contribution < 1.29 is 9.59 Å². The average Bonchev–Trinajstić information content (AvgIpc) is 2.80. The number of nitrogens with zero attached hydrogens (tertiary/aromatic N) is 4. The molecular weight excluding hydrogens is 248 g/mol. The van der Waals surface area contributed by atoms with Gasteiger partial charge in [-0.05, 0) is 12.8 Å². The summed E-state index contributed by atoms with van der Waals surface area (Å²) in [5, 5.41) is 7.54. The number of hydrogen-bond acceptors (Lipinski definition) is 5. The number of nitrogens with one attached hydrogen (secondary N) is 1. The van der Waals surface area contributed by atoms with Gasteiger partial charge < -0.3 is 4.90 Å². The van der Waals surface area contributed by atoms with E-state index >= 15 is 0 Å². The van der Waals surface area contributed by atoms with Crippen LogP contribution in [0.2, 0.25) is 0 Å². The first kappa shape index (κ1) is 13.5. The average molecular weight is 266 g/mol. The van der Waals surface area contributed by atoms with Crippen molar-refractivity contribution in [3.8, 4) is 0 Å². The van der Waals surface area contributed by atoms with Gasteiger partial charge in [-0.1, -0.05) is 11.6 Å². The van der Waals surface area contributed by atoms with Gasteiger partial charge in [-0.2, -0.15) is 0 Å². The molecule has 1 aromatic heterocycles. The summed E-state index contributed by atoms with van der Waals surface area (Å²) in [7, 11) is 0. The molecule has 2 amide bonds. The number of nitrogens with two attached hydrogens (primary N) is 1. The summed E-state index contributed by atoms with van der Waals surface area (Å²) in [6.07, 6.45) is 5.26. The highest BCUT2D eigenvalue weighted by molar-refractivity contribution is 5.91. The lowest BCUT2D eigenvalue weighted by molar-refractivity contribution is -0.130. The Labute approximate surface area is 110 Å². The molecule has 1 aliphatic heterocycles. The number of amides is 2. The molecule has 19 heavy (non-hydrogen) atoms. The van der Waals surface area contributed by atoms with E-state index in [2.05, 4.69) is 10.3 Å². The SMILES string of the molecule is NNC(=O)c1cn(CCN2CCCCCC2=O)nn1. The molecule has 1 saturated heterocycles. The molecule has 0 unspecified atom stereocenters. The van der Waals surface area contributed by atoms with Crippen LogP contribution in [0.1, 0.15) is 36.2 Å². The van der Waals surface area contributed by atoms with Gasteiger partial charge >= 0.3 is 0 Å². The minimum atomic E-state index is -0.475. The lowest BCUT2D eigenvalue weighted by atomic mass is 10.2. The number of hydrogen-bond donors (Lipinski definition) is 2. The molecule has 3 N–H and O–H groups in total. The molecule has 0 spiro atoms. The molecule has 104 valence electrons. The molecule has 2 heterocycles. The number of rotatable bonds is 4. The summed E-state index contributed by atoms with van der Waals surface area (Å²) in [5.41, 5.74) is 2.17. The summed E-state index contributed by atoms with van der Waals surface area (Å²) < 4.78 is 1.54. The Bertz CT molecular complexity index is 458. The zero-order valence-electron chi connectivity index (χ0n) is 10.7. The Kier molecular flexibility index (Phi) is 4.45. The highest BCUT2D eigenvalue weighted by atomic mass is 16.2. The van der Waals surface area contributed by atoms with E-state index in [1.165, 1.54) is 6.20 Å². The van der Waals surface area contributed by atoms with Crippen LogP contribution in [-0.2, 0) is 11.3 Å². The van der Waals surface area contributed by atoms with Crippen LogP contribution in [0, 0.1) is 0 Å². The van der Waals surface area contributed by atoms with Crippen LogP contribution in [0.4, 0.5) is 0 Å². The van der Waals surface area contributed by atoms with Crippen LogP contribution in [0.3, 0.4) is 0 Å². The topological polar surface area (TPSA) is 106 Å². The summed E-state index contributed by atoms with van der Waals surface area (Å²) in [5.74, 6) is 4.73. The number of carbonyl (C=O) groups excluding carboxylic acids is 2. The largest absolute Gasteiger partial charge is 0.341 e. The molecule has 0 bridgehead atoms. The fourth-order valence-corrected chi connectivity index (χ4v) is 2.08. The number of hydrazine groups is 1. The molecule has 1 aliphatic rings. The Hall–Kier alpha value is -1.96. The van der Waals surface area contributed by atoms with E-state index in [0.29, 0.717) is 19.5 Å². The van der Waals surface area contributed by atoms with Gasteiger partial charge in [0, 0.05) is 19.5 Å². The minimum Gasteiger partial charge on any atom is -0.341 e. The van der Waals surface area contributed by atoms with Gasteiger partial charge in [-0.25, -0.2) is 10.5 Å². The maximum absolute atomic E-state index is 11.8. The summed E-state index contributed by atoms with van der Waals surface area (Å²) in [6, 6.07) is 0. The van der Waals surface area contributed by atoms with E-state index in [1.807, 2.05) is 10.3 Å². The van der Waals surface area contributed by atoms with Crippen molar-refractivity contribution >= 4 is 11.8 Å². The van der Waals surface area contributed by atoms with Crippen LogP contribution >= 0.6 is 0 Å². The van der Waals surface area contributed by atoms with Gasteiger partial charge in [-0.3, -0.25) is 15.0 Å². The second-order valence-corrected chi connectivity index (χ2v) is 4.53. The smallest absolute Gasteiger partial charge is 0.287 e. The van der Waals surface area contributed by atoms with Crippen LogP contribution in [-0.4, -0.2) is 44.8 Å². The van der Waals surface area contributed by atoms with Gasteiger partial charge in [0.2, 0.25) is 5.91 Å². The Morgan fingerprint density at radius 1 is 1.37 bits per heavy atom. The predicted octanol–water partition coefficient (Wildman–Crippen LogP) is -0.716. The van der Waals surface area contributed by atoms with Crippen molar-refractivity contribution in [1.82, 2.24) is 25.3 Å². The van der Waals surface area contributed by atoms with Crippen molar-refractivity contribution in [1.29, 1.82) is 0 Å². The lowest BCUT2D eigenvalue weighted by Gasteiger charge is -2.19. The third kappa shape index (κ3) is 3.50. The van der Waals surface area contributed by atoms with Crippen molar-refractivity contribution in [2.45, 2.75) is 32.2 Å². The van der Waals surface area contributed by atoms with E-state index in [1.54, 1.807) is 4.68 Å². The van der Waals surface area contributed by atoms with E-state index in [9.17, 15) is 9.59 Å².